The second-order valence-electron chi connectivity index (χ2n) is 5.99. The van der Waals surface area contributed by atoms with E-state index in [1.807, 2.05) is 12.3 Å². The smallest absolute Gasteiger partial charge is 0.133 e. The van der Waals surface area contributed by atoms with Crippen molar-refractivity contribution < 1.29 is 9.47 Å². The molecule has 0 amide bonds. The summed E-state index contributed by atoms with van der Waals surface area (Å²) in [5.41, 5.74) is 3.59. The Labute approximate surface area is 143 Å². The Hall–Kier alpha value is -2.11. The third-order valence-corrected chi connectivity index (χ3v) is 4.30. The van der Waals surface area contributed by atoms with E-state index >= 15 is 0 Å². The van der Waals surface area contributed by atoms with E-state index in [2.05, 4.69) is 46.4 Å². The monoisotopic (exact) mass is 327 g/mol. The molecule has 1 saturated heterocycles. The van der Waals surface area contributed by atoms with Gasteiger partial charge in [-0.25, -0.2) is 4.98 Å². The quantitative estimate of drug-likeness (QED) is 0.883. The number of aryl methyl sites for hydroxylation is 1. The van der Waals surface area contributed by atoms with Crippen molar-refractivity contribution in [1.29, 1.82) is 0 Å². The molecule has 1 aliphatic heterocycles. The molecular weight excluding hydrogens is 302 g/mol. The molecular formula is C19H25N3O2. The number of pyridine rings is 1. The SMILES string of the molecule is COc1cc(CNCc2cccnc2N2CCOCC2)ccc1C. The van der Waals surface area contributed by atoms with Crippen LogP contribution in [-0.2, 0) is 17.8 Å². The predicted octanol–water partition coefficient (Wildman–Crippen LogP) is 2.53. The predicted molar refractivity (Wildman–Crippen MR) is 95.5 cm³/mol. The number of benzene rings is 1. The zero-order valence-electron chi connectivity index (χ0n) is 14.4. The lowest BCUT2D eigenvalue weighted by Gasteiger charge is -2.29. The zero-order chi connectivity index (χ0) is 16.8. The summed E-state index contributed by atoms with van der Waals surface area (Å²) in [5.74, 6) is 2.00. The van der Waals surface area contributed by atoms with Crippen LogP contribution in [0.1, 0.15) is 16.7 Å². The van der Waals surface area contributed by atoms with Gasteiger partial charge < -0.3 is 19.7 Å². The first kappa shape index (κ1) is 16.7. The normalized spacial score (nSPS) is 14.7. The van der Waals surface area contributed by atoms with Gasteiger partial charge in [-0.1, -0.05) is 18.2 Å². The van der Waals surface area contributed by atoms with Crippen LogP contribution in [0.4, 0.5) is 5.82 Å². The van der Waals surface area contributed by atoms with Gasteiger partial charge in [0.2, 0.25) is 0 Å². The van der Waals surface area contributed by atoms with Crippen LogP contribution in [0.2, 0.25) is 0 Å². The molecule has 0 unspecified atom stereocenters. The Kier molecular flexibility index (Phi) is 5.67. The topological polar surface area (TPSA) is 46.6 Å². The van der Waals surface area contributed by atoms with Crippen molar-refractivity contribution >= 4 is 5.82 Å². The van der Waals surface area contributed by atoms with E-state index in [1.165, 1.54) is 11.1 Å². The highest BCUT2D eigenvalue weighted by atomic mass is 16.5. The van der Waals surface area contributed by atoms with Gasteiger partial charge in [-0.2, -0.15) is 0 Å². The van der Waals surface area contributed by atoms with E-state index in [-0.39, 0.29) is 0 Å². The van der Waals surface area contributed by atoms with Gasteiger partial charge in [-0.15, -0.1) is 0 Å². The highest BCUT2D eigenvalue weighted by Gasteiger charge is 2.15. The summed E-state index contributed by atoms with van der Waals surface area (Å²) in [6.07, 6.45) is 1.86. The zero-order valence-corrected chi connectivity index (χ0v) is 14.4. The summed E-state index contributed by atoms with van der Waals surface area (Å²) in [4.78, 5) is 6.88. The standard InChI is InChI=1S/C19H25N3O2/c1-15-5-6-16(12-18(15)23-2)13-20-14-17-4-3-7-21-19(17)22-8-10-24-11-9-22/h3-7,12,20H,8-11,13-14H2,1-2H3. The van der Waals surface area contributed by atoms with Crippen molar-refractivity contribution in [3.63, 3.8) is 0 Å². The highest BCUT2D eigenvalue weighted by Crippen LogP contribution is 2.20. The maximum atomic E-state index is 5.43. The van der Waals surface area contributed by atoms with E-state index in [0.29, 0.717) is 0 Å². The minimum Gasteiger partial charge on any atom is -0.496 e. The van der Waals surface area contributed by atoms with Crippen molar-refractivity contribution in [2.24, 2.45) is 0 Å². The minimum atomic E-state index is 0.770. The van der Waals surface area contributed by atoms with Gasteiger partial charge >= 0.3 is 0 Å². The van der Waals surface area contributed by atoms with Crippen LogP contribution in [0.5, 0.6) is 5.75 Å². The summed E-state index contributed by atoms with van der Waals surface area (Å²) < 4.78 is 10.8. The molecule has 0 spiro atoms. The van der Waals surface area contributed by atoms with Crippen molar-refractivity contribution in [2.45, 2.75) is 20.0 Å². The van der Waals surface area contributed by atoms with E-state index in [0.717, 1.165) is 56.5 Å². The molecule has 0 saturated carbocycles. The van der Waals surface area contributed by atoms with Gasteiger partial charge in [0.15, 0.2) is 0 Å². The fourth-order valence-corrected chi connectivity index (χ4v) is 2.94. The molecule has 0 radical (unpaired) electrons. The number of methoxy groups -OCH3 is 1. The van der Waals surface area contributed by atoms with E-state index < -0.39 is 0 Å². The molecule has 0 bridgehead atoms. The molecule has 0 aliphatic carbocycles. The Balaban J connectivity index is 1.62. The lowest BCUT2D eigenvalue weighted by Crippen LogP contribution is -2.37. The lowest BCUT2D eigenvalue weighted by molar-refractivity contribution is 0.122. The van der Waals surface area contributed by atoms with Crippen molar-refractivity contribution in [3.05, 3.63) is 53.2 Å². The number of hydrogen-bond acceptors (Lipinski definition) is 5. The van der Waals surface area contributed by atoms with E-state index in [9.17, 15) is 0 Å². The largest absolute Gasteiger partial charge is 0.496 e. The van der Waals surface area contributed by atoms with Crippen LogP contribution in [-0.4, -0.2) is 38.4 Å². The van der Waals surface area contributed by atoms with Crippen molar-refractivity contribution in [3.8, 4) is 5.75 Å². The first-order valence-corrected chi connectivity index (χ1v) is 8.39. The molecule has 0 atom stereocenters. The molecule has 1 aromatic heterocycles. The molecule has 1 fully saturated rings. The van der Waals surface area contributed by atoms with Gasteiger partial charge in [0, 0.05) is 37.9 Å². The lowest BCUT2D eigenvalue weighted by atomic mass is 10.1. The van der Waals surface area contributed by atoms with Crippen LogP contribution in [0.15, 0.2) is 36.5 Å². The molecule has 128 valence electrons. The Morgan fingerprint density at radius 1 is 1.21 bits per heavy atom. The summed E-state index contributed by atoms with van der Waals surface area (Å²) in [5, 5.41) is 3.51. The average Bonchev–Trinajstić information content (AvgIpc) is 2.64. The Bertz CT molecular complexity index is 669. The summed E-state index contributed by atoms with van der Waals surface area (Å²) in [6.45, 7) is 6.99. The van der Waals surface area contributed by atoms with E-state index in [4.69, 9.17) is 9.47 Å². The second kappa shape index (κ2) is 8.13. The average molecular weight is 327 g/mol. The maximum Gasteiger partial charge on any atom is 0.133 e. The van der Waals surface area contributed by atoms with Gasteiger partial charge in [0.25, 0.3) is 0 Å². The Morgan fingerprint density at radius 3 is 2.83 bits per heavy atom. The third kappa shape index (κ3) is 4.04. The number of hydrogen-bond donors (Lipinski definition) is 1. The maximum absolute atomic E-state index is 5.43. The van der Waals surface area contributed by atoms with Crippen LogP contribution in [0.25, 0.3) is 0 Å². The fourth-order valence-electron chi connectivity index (χ4n) is 2.94. The van der Waals surface area contributed by atoms with Crippen LogP contribution < -0.4 is 15.0 Å². The number of nitrogens with one attached hydrogen (secondary N) is 1. The molecule has 1 aliphatic rings. The summed E-state index contributed by atoms with van der Waals surface area (Å²) in [7, 11) is 1.71. The molecule has 2 heterocycles. The van der Waals surface area contributed by atoms with Crippen LogP contribution in [0, 0.1) is 6.92 Å². The molecule has 5 nitrogen and oxygen atoms in total. The summed E-state index contributed by atoms with van der Waals surface area (Å²) in [6, 6.07) is 10.5. The van der Waals surface area contributed by atoms with Crippen LogP contribution in [0.3, 0.4) is 0 Å². The number of aromatic nitrogens is 1. The number of anilines is 1. The molecule has 3 rings (SSSR count). The van der Waals surface area contributed by atoms with Gasteiger partial charge in [-0.05, 0) is 30.2 Å². The second-order valence-corrected chi connectivity index (χ2v) is 5.99. The van der Waals surface area contributed by atoms with Crippen molar-refractivity contribution in [2.75, 3.05) is 38.3 Å². The number of ether oxygens (including phenoxy) is 2. The van der Waals surface area contributed by atoms with Crippen LogP contribution >= 0.6 is 0 Å². The van der Waals surface area contributed by atoms with Gasteiger partial charge in [-0.3, -0.25) is 0 Å². The first-order chi connectivity index (χ1) is 11.8. The Morgan fingerprint density at radius 2 is 2.04 bits per heavy atom. The minimum absolute atomic E-state index is 0.770. The van der Waals surface area contributed by atoms with Gasteiger partial charge in [0.1, 0.15) is 11.6 Å². The number of rotatable bonds is 6. The number of nitrogens with zero attached hydrogens (tertiary/aromatic N) is 2. The first-order valence-electron chi connectivity index (χ1n) is 8.39. The molecule has 24 heavy (non-hydrogen) atoms. The molecule has 2 aromatic rings. The van der Waals surface area contributed by atoms with E-state index in [1.54, 1.807) is 7.11 Å². The summed E-state index contributed by atoms with van der Waals surface area (Å²) >= 11 is 0. The molecule has 5 heteroatoms. The fraction of sp³-hybridized carbons (Fsp3) is 0.421. The van der Waals surface area contributed by atoms with Gasteiger partial charge in [0.05, 0.1) is 20.3 Å². The number of morpholine rings is 1. The molecule has 1 aromatic carbocycles. The highest BCUT2D eigenvalue weighted by molar-refractivity contribution is 5.47. The van der Waals surface area contributed by atoms with Crippen molar-refractivity contribution in [1.82, 2.24) is 10.3 Å². The third-order valence-electron chi connectivity index (χ3n) is 4.30. The molecule has 1 N–H and O–H groups in total.